The number of pyridine rings is 1. The number of hydrogen-bond acceptors (Lipinski definition) is 9. The van der Waals surface area contributed by atoms with Gasteiger partial charge in [-0.2, -0.15) is 4.31 Å². The molecular formula is C20H22N6O4S2. The van der Waals surface area contributed by atoms with Crippen LogP contribution in [0.4, 0.5) is 11.4 Å². The van der Waals surface area contributed by atoms with E-state index in [1.54, 1.807) is 18.3 Å². The molecule has 0 saturated carbocycles. The minimum absolute atomic E-state index is 0.0973. The molecule has 1 amide bonds. The largest absolute Gasteiger partial charge is 0.410 e. The number of amides is 1. The number of benzene rings is 1. The molecule has 1 N–H and O–H groups in total. The van der Waals surface area contributed by atoms with Crippen molar-refractivity contribution in [3.63, 3.8) is 0 Å². The van der Waals surface area contributed by atoms with Crippen LogP contribution in [0.3, 0.4) is 0 Å². The number of nitrogens with zero attached hydrogens (tertiary/aromatic N) is 5. The molecule has 1 saturated heterocycles. The van der Waals surface area contributed by atoms with Crippen molar-refractivity contribution >= 4 is 39.1 Å². The summed E-state index contributed by atoms with van der Waals surface area (Å²) in [6.45, 7) is 1.92. The van der Waals surface area contributed by atoms with E-state index in [0.717, 1.165) is 17.4 Å². The summed E-state index contributed by atoms with van der Waals surface area (Å²) in [4.78, 5) is 18.8. The number of aromatic nitrogens is 3. The number of carbonyl (C=O) groups excluding carboxylic acids is 1. The third-order valence-corrected chi connectivity index (χ3v) is 6.97. The SMILES string of the molecule is CS(=O)(=O)N1CCN(c2ccccc2NC(=O)CSc2nnc(-c3ccccn3)o2)CC1. The molecule has 2 aromatic heterocycles. The monoisotopic (exact) mass is 474 g/mol. The van der Waals surface area contributed by atoms with Crippen LogP contribution >= 0.6 is 11.8 Å². The molecule has 10 nitrogen and oxygen atoms in total. The molecule has 1 aromatic carbocycles. The Morgan fingerprint density at radius 1 is 1.09 bits per heavy atom. The average Bonchev–Trinajstić information content (AvgIpc) is 3.27. The molecule has 0 atom stereocenters. The van der Waals surface area contributed by atoms with Gasteiger partial charge in [-0.15, -0.1) is 10.2 Å². The van der Waals surface area contributed by atoms with E-state index in [9.17, 15) is 13.2 Å². The molecule has 168 valence electrons. The second-order valence-corrected chi connectivity index (χ2v) is 10.0. The van der Waals surface area contributed by atoms with Gasteiger partial charge in [0.1, 0.15) is 5.69 Å². The van der Waals surface area contributed by atoms with Gasteiger partial charge in [-0.25, -0.2) is 8.42 Å². The van der Waals surface area contributed by atoms with E-state index in [4.69, 9.17) is 4.42 Å². The summed E-state index contributed by atoms with van der Waals surface area (Å²) in [5.41, 5.74) is 2.10. The van der Waals surface area contributed by atoms with E-state index >= 15 is 0 Å². The Hall–Kier alpha value is -2.96. The molecule has 0 radical (unpaired) electrons. The summed E-state index contributed by atoms with van der Waals surface area (Å²) in [5.74, 6) is 0.182. The molecule has 3 aromatic rings. The highest BCUT2D eigenvalue weighted by atomic mass is 32.2. The number of carbonyl (C=O) groups is 1. The fraction of sp³-hybridized carbons (Fsp3) is 0.300. The minimum Gasteiger partial charge on any atom is -0.410 e. The first-order valence-electron chi connectivity index (χ1n) is 9.87. The number of para-hydroxylation sites is 2. The molecule has 0 unspecified atom stereocenters. The highest BCUT2D eigenvalue weighted by Gasteiger charge is 2.25. The smallest absolute Gasteiger partial charge is 0.277 e. The highest BCUT2D eigenvalue weighted by Crippen LogP contribution is 2.28. The van der Waals surface area contributed by atoms with Gasteiger partial charge in [0.15, 0.2) is 0 Å². The molecule has 0 aliphatic carbocycles. The number of thioether (sulfide) groups is 1. The van der Waals surface area contributed by atoms with Gasteiger partial charge in [-0.1, -0.05) is 30.0 Å². The van der Waals surface area contributed by atoms with Crippen LogP contribution in [0.15, 0.2) is 58.3 Å². The minimum atomic E-state index is -3.20. The van der Waals surface area contributed by atoms with Gasteiger partial charge in [0.05, 0.1) is 23.4 Å². The molecule has 12 heteroatoms. The van der Waals surface area contributed by atoms with Crippen molar-refractivity contribution in [3.8, 4) is 11.6 Å². The maximum Gasteiger partial charge on any atom is 0.277 e. The standard InChI is InChI=1S/C20H22N6O4S2/c1-32(28,29)26-12-10-25(11-13-26)17-8-3-2-6-15(17)22-18(27)14-31-20-24-23-19(30-20)16-7-4-5-9-21-16/h2-9H,10-14H2,1H3,(H,22,27). The van der Waals surface area contributed by atoms with Gasteiger partial charge >= 0.3 is 0 Å². The molecular weight excluding hydrogens is 452 g/mol. The summed E-state index contributed by atoms with van der Waals surface area (Å²) in [6.07, 6.45) is 2.86. The Morgan fingerprint density at radius 3 is 2.56 bits per heavy atom. The van der Waals surface area contributed by atoms with Gasteiger partial charge < -0.3 is 14.6 Å². The van der Waals surface area contributed by atoms with Crippen molar-refractivity contribution in [2.24, 2.45) is 0 Å². The van der Waals surface area contributed by atoms with Gasteiger partial charge in [0.25, 0.3) is 11.1 Å². The number of piperazine rings is 1. The molecule has 4 rings (SSSR count). The maximum atomic E-state index is 12.5. The second kappa shape index (κ2) is 9.67. The number of hydrogen-bond donors (Lipinski definition) is 1. The van der Waals surface area contributed by atoms with Gasteiger partial charge in [-0.3, -0.25) is 9.78 Å². The Labute approximate surface area is 190 Å². The molecule has 1 aliphatic rings. The summed E-state index contributed by atoms with van der Waals surface area (Å²) in [7, 11) is -3.20. The molecule has 32 heavy (non-hydrogen) atoms. The first-order valence-corrected chi connectivity index (χ1v) is 12.7. The summed E-state index contributed by atoms with van der Waals surface area (Å²) in [5, 5.41) is 11.1. The number of anilines is 2. The van der Waals surface area contributed by atoms with Crippen molar-refractivity contribution in [2.75, 3.05) is 48.4 Å². The van der Waals surface area contributed by atoms with E-state index in [1.807, 2.05) is 30.3 Å². The lowest BCUT2D eigenvalue weighted by molar-refractivity contribution is -0.113. The van der Waals surface area contributed by atoms with E-state index in [1.165, 1.54) is 10.6 Å². The third kappa shape index (κ3) is 5.44. The Morgan fingerprint density at radius 2 is 1.84 bits per heavy atom. The topological polar surface area (TPSA) is 122 Å². The molecule has 1 aliphatic heterocycles. The first-order chi connectivity index (χ1) is 15.4. The molecule has 0 spiro atoms. The van der Waals surface area contributed by atoms with Crippen molar-refractivity contribution in [3.05, 3.63) is 48.7 Å². The quantitative estimate of drug-likeness (QED) is 0.512. The van der Waals surface area contributed by atoms with E-state index in [-0.39, 0.29) is 16.9 Å². The zero-order chi connectivity index (χ0) is 22.6. The molecule has 1 fully saturated rings. The van der Waals surface area contributed by atoms with Crippen molar-refractivity contribution in [1.82, 2.24) is 19.5 Å². The van der Waals surface area contributed by atoms with Crippen LogP contribution in [0.25, 0.3) is 11.6 Å². The predicted octanol–water partition coefficient (Wildman–Crippen LogP) is 1.94. The first kappa shape index (κ1) is 22.2. The average molecular weight is 475 g/mol. The van der Waals surface area contributed by atoms with Gasteiger partial charge in [0.2, 0.25) is 15.9 Å². The fourth-order valence-corrected chi connectivity index (χ4v) is 4.68. The van der Waals surface area contributed by atoms with E-state index in [0.29, 0.717) is 43.5 Å². The fourth-order valence-electron chi connectivity index (χ4n) is 3.29. The normalized spacial score (nSPS) is 15.0. The molecule has 3 heterocycles. The van der Waals surface area contributed by atoms with Gasteiger partial charge in [0, 0.05) is 32.4 Å². The van der Waals surface area contributed by atoms with Crippen molar-refractivity contribution in [1.29, 1.82) is 0 Å². The van der Waals surface area contributed by atoms with E-state index < -0.39 is 10.0 Å². The van der Waals surface area contributed by atoms with Crippen LogP contribution in [-0.4, -0.2) is 72.0 Å². The van der Waals surface area contributed by atoms with Crippen LogP contribution in [-0.2, 0) is 14.8 Å². The van der Waals surface area contributed by atoms with Gasteiger partial charge in [-0.05, 0) is 24.3 Å². The summed E-state index contributed by atoms with van der Waals surface area (Å²) < 4.78 is 30.5. The molecule has 0 bridgehead atoms. The van der Waals surface area contributed by atoms with Crippen LogP contribution in [0, 0.1) is 0 Å². The zero-order valence-electron chi connectivity index (χ0n) is 17.3. The zero-order valence-corrected chi connectivity index (χ0v) is 19.0. The van der Waals surface area contributed by atoms with E-state index in [2.05, 4.69) is 25.4 Å². The Balaban J connectivity index is 1.35. The van der Waals surface area contributed by atoms with Crippen molar-refractivity contribution < 1.29 is 17.6 Å². The van der Waals surface area contributed by atoms with Crippen LogP contribution < -0.4 is 10.2 Å². The lowest BCUT2D eigenvalue weighted by atomic mass is 10.2. The van der Waals surface area contributed by atoms with Crippen LogP contribution in [0.5, 0.6) is 0 Å². The van der Waals surface area contributed by atoms with Crippen LogP contribution in [0.2, 0.25) is 0 Å². The number of rotatable bonds is 7. The lowest BCUT2D eigenvalue weighted by Crippen LogP contribution is -2.48. The van der Waals surface area contributed by atoms with Crippen molar-refractivity contribution in [2.45, 2.75) is 5.22 Å². The number of sulfonamides is 1. The lowest BCUT2D eigenvalue weighted by Gasteiger charge is -2.35. The van der Waals surface area contributed by atoms with Crippen LogP contribution in [0.1, 0.15) is 0 Å². The third-order valence-electron chi connectivity index (χ3n) is 4.84. The predicted molar refractivity (Wildman–Crippen MR) is 122 cm³/mol. The summed E-state index contributed by atoms with van der Waals surface area (Å²) in [6, 6.07) is 12.9. The summed E-state index contributed by atoms with van der Waals surface area (Å²) >= 11 is 1.14. The highest BCUT2D eigenvalue weighted by molar-refractivity contribution is 7.99. The maximum absolute atomic E-state index is 12.5. The Kier molecular flexibility index (Phi) is 6.72. The second-order valence-electron chi connectivity index (χ2n) is 7.09. The number of nitrogens with one attached hydrogen (secondary N) is 1. The Bertz CT molecular complexity index is 1180.